The number of fused-ring (bicyclic) bond motifs is 3. The van der Waals surface area contributed by atoms with Crippen LogP contribution in [0.4, 0.5) is 5.69 Å². The standard InChI is InChI=1S/C25H28N2O2/c1-28-20-12-10-19(11-13-20)26-16-6-2-3-7-17-29-21-14-15-23-22-8-4-5-9-24(22)27-25(23)18-21/h4-5,8-15,18,26-27H,2-3,6-7,16-17H2,1H3. The number of benzene rings is 3. The highest BCUT2D eigenvalue weighted by Crippen LogP contribution is 2.28. The lowest BCUT2D eigenvalue weighted by Gasteiger charge is -2.08. The summed E-state index contributed by atoms with van der Waals surface area (Å²) in [6.07, 6.45) is 4.62. The Morgan fingerprint density at radius 2 is 1.52 bits per heavy atom. The van der Waals surface area contributed by atoms with Crippen molar-refractivity contribution in [2.45, 2.75) is 25.7 Å². The number of methoxy groups -OCH3 is 1. The van der Waals surface area contributed by atoms with Crippen LogP contribution in [0.25, 0.3) is 21.8 Å². The summed E-state index contributed by atoms with van der Waals surface area (Å²) in [5, 5.41) is 5.96. The third-order valence-corrected chi connectivity index (χ3v) is 5.24. The first-order valence-electron chi connectivity index (χ1n) is 10.3. The van der Waals surface area contributed by atoms with E-state index in [-0.39, 0.29) is 0 Å². The molecule has 0 radical (unpaired) electrons. The molecule has 0 fully saturated rings. The van der Waals surface area contributed by atoms with Gasteiger partial charge in [0.15, 0.2) is 0 Å². The molecule has 29 heavy (non-hydrogen) atoms. The van der Waals surface area contributed by atoms with Crippen molar-refractivity contribution in [1.82, 2.24) is 4.98 Å². The van der Waals surface area contributed by atoms with E-state index in [0.29, 0.717) is 0 Å². The Labute approximate surface area is 171 Å². The number of aromatic amines is 1. The maximum Gasteiger partial charge on any atom is 0.121 e. The molecular formula is C25H28N2O2. The van der Waals surface area contributed by atoms with Gasteiger partial charge in [-0.05, 0) is 55.3 Å². The molecule has 4 rings (SSSR count). The minimum Gasteiger partial charge on any atom is -0.497 e. The van der Waals surface area contributed by atoms with Crippen molar-refractivity contribution in [3.05, 3.63) is 66.7 Å². The summed E-state index contributed by atoms with van der Waals surface area (Å²) in [5.74, 6) is 1.82. The minimum atomic E-state index is 0.762. The number of nitrogens with one attached hydrogen (secondary N) is 2. The molecule has 0 aliphatic carbocycles. The van der Waals surface area contributed by atoms with Crippen LogP contribution in [-0.2, 0) is 0 Å². The molecule has 4 nitrogen and oxygen atoms in total. The van der Waals surface area contributed by atoms with Gasteiger partial charge in [-0.25, -0.2) is 0 Å². The largest absolute Gasteiger partial charge is 0.497 e. The second-order valence-corrected chi connectivity index (χ2v) is 7.30. The summed E-state index contributed by atoms with van der Waals surface area (Å²) in [6, 6.07) is 22.8. The Bertz CT molecular complexity index is 1050. The van der Waals surface area contributed by atoms with Gasteiger partial charge in [0.05, 0.1) is 19.2 Å². The van der Waals surface area contributed by atoms with Crippen molar-refractivity contribution in [2.24, 2.45) is 0 Å². The lowest BCUT2D eigenvalue weighted by Crippen LogP contribution is -2.02. The fourth-order valence-electron chi connectivity index (χ4n) is 3.64. The SMILES string of the molecule is COc1ccc(NCCCCCCOc2ccc3c(c2)[nH]c2ccccc23)cc1. The van der Waals surface area contributed by atoms with E-state index in [2.05, 4.69) is 64.9 Å². The first-order chi connectivity index (χ1) is 14.3. The van der Waals surface area contributed by atoms with E-state index >= 15 is 0 Å². The van der Waals surface area contributed by atoms with Crippen molar-refractivity contribution in [2.75, 3.05) is 25.6 Å². The van der Waals surface area contributed by atoms with E-state index in [1.165, 1.54) is 29.1 Å². The van der Waals surface area contributed by atoms with Crippen LogP contribution in [0.3, 0.4) is 0 Å². The summed E-state index contributed by atoms with van der Waals surface area (Å²) >= 11 is 0. The molecule has 1 aromatic heterocycles. The molecule has 0 atom stereocenters. The lowest BCUT2D eigenvalue weighted by molar-refractivity contribution is 0.305. The molecule has 1 heterocycles. The molecule has 0 aliphatic heterocycles. The maximum absolute atomic E-state index is 5.96. The van der Waals surface area contributed by atoms with Crippen molar-refractivity contribution >= 4 is 27.5 Å². The predicted octanol–water partition coefficient (Wildman–Crippen LogP) is 6.38. The lowest BCUT2D eigenvalue weighted by atomic mass is 10.1. The van der Waals surface area contributed by atoms with Crippen molar-refractivity contribution < 1.29 is 9.47 Å². The molecule has 0 amide bonds. The number of anilines is 1. The van der Waals surface area contributed by atoms with Crippen LogP contribution in [0.1, 0.15) is 25.7 Å². The molecule has 0 spiro atoms. The molecule has 4 heteroatoms. The zero-order valence-electron chi connectivity index (χ0n) is 16.9. The highest BCUT2D eigenvalue weighted by Gasteiger charge is 2.04. The quantitative estimate of drug-likeness (QED) is 0.310. The Morgan fingerprint density at radius 3 is 2.38 bits per heavy atom. The van der Waals surface area contributed by atoms with Gasteiger partial charge >= 0.3 is 0 Å². The second-order valence-electron chi connectivity index (χ2n) is 7.30. The highest BCUT2D eigenvalue weighted by molar-refractivity contribution is 6.07. The number of unbranched alkanes of at least 4 members (excludes halogenated alkanes) is 3. The van der Waals surface area contributed by atoms with Crippen LogP contribution in [0, 0.1) is 0 Å². The summed E-state index contributed by atoms with van der Waals surface area (Å²) in [5.41, 5.74) is 3.44. The van der Waals surface area contributed by atoms with Crippen LogP contribution in [-0.4, -0.2) is 25.2 Å². The average molecular weight is 389 g/mol. The van der Waals surface area contributed by atoms with Crippen LogP contribution in [0.5, 0.6) is 11.5 Å². The molecular weight excluding hydrogens is 360 g/mol. The van der Waals surface area contributed by atoms with Crippen LogP contribution < -0.4 is 14.8 Å². The Hall–Kier alpha value is -3.14. The topological polar surface area (TPSA) is 46.3 Å². The number of hydrogen-bond donors (Lipinski definition) is 2. The normalized spacial score (nSPS) is 11.1. The van der Waals surface area contributed by atoms with E-state index in [1.807, 2.05) is 12.1 Å². The molecule has 3 aromatic carbocycles. The highest BCUT2D eigenvalue weighted by atomic mass is 16.5. The minimum absolute atomic E-state index is 0.762. The van der Waals surface area contributed by atoms with Crippen molar-refractivity contribution in [1.29, 1.82) is 0 Å². The molecule has 4 aromatic rings. The Morgan fingerprint density at radius 1 is 0.759 bits per heavy atom. The van der Waals surface area contributed by atoms with Crippen LogP contribution >= 0.6 is 0 Å². The Kier molecular flexibility index (Phi) is 6.20. The first-order valence-corrected chi connectivity index (χ1v) is 10.3. The van der Waals surface area contributed by atoms with E-state index in [0.717, 1.165) is 48.7 Å². The fourth-order valence-corrected chi connectivity index (χ4v) is 3.64. The van der Waals surface area contributed by atoms with Gasteiger partial charge in [0.25, 0.3) is 0 Å². The smallest absolute Gasteiger partial charge is 0.121 e. The van der Waals surface area contributed by atoms with Gasteiger partial charge in [0.1, 0.15) is 11.5 Å². The van der Waals surface area contributed by atoms with Gasteiger partial charge in [-0.15, -0.1) is 0 Å². The number of para-hydroxylation sites is 1. The van der Waals surface area contributed by atoms with Crippen LogP contribution in [0.2, 0.25) is 0 Å². The van der Waals surface area contributed by atoms with E-state index in [1.54, 1.807) is 7.11 Å². The zero-order chi connectivity index (χ0) is 19.9. The molecule has 0 aliphatic rings. The Balaban J connectivity index is 1.14. The summed E-state index contributed by atoms with van der Waals surface area (Å²) in [7, 11) is 1.69. The first kappa shape index (κ1) is 19.2. The number of ether oxygens (including phenoxy) is 2. The maximum atomic E-state index is 5.96. The molecule has 150 valence electrons. The molecule has 0 saturated carbocycles. The number of rotatable bonds is 10. The molecule has 0 saturated heterocycles. The van der Waals surface area contributed by atoms with E-state index in [4.69, 9.17) is 9.47 Å². The molecule has 0 bridgehead atoms. The number of H-pyrrole nitrogens is 1. The van der Waals surface area contributed by atoms with Gasteiger partial charge in [0.2, 0.25) is 0 Å². The number of aromatic nitrogens is 1. The third kappa shape index (κ3) is 4.83. The molecule has 0 unspecified atom stereocenters. The molecule has 2 N–H and O–H groups in total. The fraction of sp³-hybridized carbons (Fsp3) is 0.280. The summed E-state index contributed by atoms with van der Waals surface area (Å²) in [4.78, 5) is 3.47. The van der Waals surface area contributed by atoms with Gasteiger partial charge in [-0.1, -0.05) is 31.0 Å². The monoisotopic (exact) mass is 388 g/mol. The van der Waals surface area contributed by atoms with Crippen molar-refractivity contribution in [3.63, 3.8) is 0 Å². The van der Waals surface area contributed by atoms with E-state index < -0.39 is 0 Å². The van der Waals surface area contributed by atoms with Gasteiger partial charge < -0.3 is 19.8 Å². The van der Waals surface area contributed by atoms with E-state index in [9.17, 15) is 0 Å². The number of hydrogen-bond acceptors (Lipinski definition) is 3. The summed E-state index contributed by atoms with van der Waals surface area (Å²) < 4.78 is 11.1. The average Bonchev–Trinajstić information content (AvgIpc) is 3.14. The van der Waals surface area contributed by atoms with Crippen molar-refractivity contribution in [3.8, 4) is 11.5 Å². The second kappa shape index (κ2) is 9.37. The van der Waals surface area contributed by atoms with Gasteiger partial charge in [-0.2, -0.15) is 0 Å². The summed E-state index contributed by atoms with van der Waals surface area (Å²) in [6.45, 7) is 1.75. The zero-order valence-corrected chi connectivity index (χ0v) is 16.9. The van der Waals surface area contributed by atoms with Gasteiger partial charge in [0, 0.05) is 34.6 Å². The van der Waals surface area contributed by atoms with Gasteiger partial charge in [-0.3, -0.25) is 0 Å². The predicted molar refractivity (Wildman–Crippen MR) is 121 cm³/mol. The van der Waals surface area contributed by atoms with Crippen LogP contribution in [0.15, 0.2) is 66.7 Å². The third-order valence-electron chi connectivity index (χ3n) is 5.24.